The number of anilines is 1. The average molecular weight is 432 g/mol. The summed E-state index contributed by atoms with van der Waals surface area (Å²) in [5.74, 6) is 0.430. The van der Waals surface area contributed by atoms with Crippen LogP contribution in [0.25, 0.3) is 6.08 Å². The highest BCUT2D eigenvalue weighted by atomic mass is 32.2. The van der Waals surface area contributed by atoms with Crippen LogP contribution in [0.4, 0.5) is 5.82 Å². The van der Waals surface area contributed by atoms with Gasteiger partial charge in [0.05, 0.1) is 17.1 Å². The van der Waals surface area contributed by atoms with Crippen LogP contribution >= 0.6 is 0 Å². The van der Waals surface area contributed by atoms with E-state index in [1.165, 1.54) is 36.6 Å². The Kier molecular flexibility index (Phi) is 7.06. The van der Waals surface area contributed by atoms with E-state index in [1.54, 1.807) is 30.5 Å². The van der Waals surface area contributed by atoms with Crippen LogP contribution in [0.1, 0.15) is 31.4 Å². The Morgan fingerprint density at radius 3 is 2.47 bits per heavy atom. The van der Waals surface area contributed by atoms with E-state index in [0.717, 1.165) is 38.0 Å². The van der Waals surface area contributed by atoms with Gasteiger partial charge < -0.3 is 10.2 Å². The molecule has 0 radical (unpaired) electrons. The van der Waals surface area contributed by atoms with Crippen LogP contribution in [0.5, 0.6) is 0 Å². The predicted molar refractivity (Wildman–Crippen MR) is 118 cm³/mol. The summed E-state index contributed by atoms with van der Waals surface area (Å²) in [6, 6.07) is 8.50. The summed E-state index contributed by atoms with van der Waals surface area (Å²) >= 11 is 0. The van der Waals surface area contributed by atoms with Crippen LogP contribution in [0.2, 0.25) is 0 Å². The van der Waals surface area contributed by atoms with Crippen LogP contribution in [0.15, 0.2) is 47.5 Å². The van der Waals surface area contributed by atoms with Gasteiger partial charge in [-0.15, -0.1) is 0 Å². The van der Waals surface area contributed by atoms with Crippen LogP contribution in [-0.4, -0.2) is 67.0 Å². The quantitative estimate of drug-likeness (QED) is 0.681. The number of piperidine rings is 1. The lowest BCUT2D eigenvalue weighted by Crippen LogP contribution is -2.35. The van der Waals surface area contributed by atoms with Crippen LogP contribution in [0, 0.1) is 0 Å². The zero-order valence-electron chi connectivity index (χ0n) is 17.7. The molecular formula is C21H29N5O3S. The van der Waals surface area contributed by atoms with E-state index in [1.807, 2.05) is 4.68 Å². The minimum atomic E-state index is -3.46. The Morgan fingerprint density at radius 2 is 1.87 bits per heavy atom. The van der Waals surface area contributed by atoms with Gasteiger partial charge in [0.2, 0.25) is 15.9 Å². The first-order valence-corrected chi connectivity index (χ1v) is 11.5. The third kappa shape index (κ3) is 5.16. The molecule has 1 aromatic heterocycles. The molecule has 1 saturated heterocycles. The first kappa shape index (κ1) is 22.2. The van der Waals surface area contributed by atoms with Gasteiger partial charge in [0, 0.05) is 39.3 Å². The highest BCUT2D eigenvalue weighted by Gasteiger charge is 2.22. The monoisotopic (exact) mass is 431 g/mol. The summed E-state index contributed by atoms with van der Waals surface area (Å²) in [4.78, 5) is 15.0. The first-order chi connectivity index (χ1) is 14.3. The molecule has 0 unspecified atom stereocenters. The van der Waals surface area contributed by atoms with Crippen molar-refractivity contribution in [2.45, 2.75) is 30.7 Å². The number of sulfonamides is 1. The lowest BCUT2D eigenvalue weighted by Gasteiger charge is -2.31. The lowest BCUT2D eigenvalue weighted by atomic mass is 10.1. The van der Waals surface area contributed by atoms with Gasteiger partial charge in [0.15, 0.2) is 0 Å². The van der Waals surface area contributed by atoms with Crippen LogP contribution in [0.3, 0.4) is 0 Å². The lowest BCUT2D eigenvalue weighted by molar-refractivity contribution is -0.111. The summed E-state index contributed by atoms with van der Waals surface area (Å²) in [6.07, 6.45) is 6.82. The fourth-order valence-electron chi connectivity index (χ4n) is 3.49. The summed E-state index contributed by atoms with van der Waals surface area (Å²) in [6.45, 7) is 5.30. The van der Waals surface area contributed by atoms with Crippen molar-refractivity contribution in [3.05, 3.63) is 48.2 Å². The molecule has 0 saturated carbocycles. The van der Waals surface area contributed by atoms with Gasteiger partial charge in [-0.2, -0.15) is 5.10 Å². The van der Waals surface area contributed by atoms with Gasteiger partial charge in [0.1, 0.15) is 5.82 Å². The molecule has 1 aromatic carbocycles. The third-order valence-electron chi connectivity index (χ3n) is 5.36. The standard InChI is InChI=1S/C21H29N5O3S/c1-4-25-15-12-18(13-16-25)26-20(11-14-22-26)23-21(27)10-7-17-5-8-19(9-6-17)30(28,29)24(2)3/h5-11,14,18H,4,12-13,15-16H2,1-3H3,(H,23,27)/b10-7+. The highest BCUT2D eigenvalue weighted by molar-refractivity contribution is 7.89. The predicted octanol–water partition coefficient (Wildman–Crippen LogP) is 2.44. The van der Waals surface area contributed by atoms with Gasteiger partial charge >= 0.3 is 0 Å². The van der Waals surface area contributed by atoms with Crippen molar-refractivity contribution in [1.82, 2.24) is 19.0 Å². The Morgan fingerprint density at radius 1 is 1.20 bits per heavy atom. The number of aromatic nitrogens is 2. The topological polar surface area (TPSA) is 87.5 Å². The number of carbonyl (C=O) groups excluding carboxylic acids is 1. The van der Waals surface area contributed by atoms with E-state index in [0.29, 0.717) is 5.82 Å². The van der Waals surface area contributed by atoms with E-state index in [2.05, 4.69) is 22.2 Å². The number of carbonyl (C=O) groups is 1. The van der Waals surface area contributed by atoms with Crippen LogP contribution < -0.4 is 5.32 Å². The molecular weight excluding hydrogens is 402 g/mol. The van der Waals surface area contributed by atoms with Crippen molar-refractivity contribution in [3.63, 3.8) is 0 Å². The molecule has 1 fully saturated rings. The molecule has 1 N–H and O–H groups in total. The summed E-state index contributed by atoms with van der Waals surface area (Å²) < 4.78 is 27.3. The van der Waals surface area contributed by atoms with Gasteiger partial charge in [-0.3, -0.25) is 4.79 Å². The number of hydrogen-bond donors (Lipinski definition) is 1. The van der Waals surface area contributed by atoms with Crippen molar-refractivity contribution in [3.8, 4) is 0 Å². The summed E-state index contributed by atoms with van der Waals surface area (Å²) in [5, 5.41) is 7.30. The average Bonchev–Trinajstić information content (AvgIpc) is 3.20. The van der Waals surface area contributed by atoms with Crippen molar-refractivity contribution < 1.29 is 13.2 Å². The van der Waals surface area contributed by atoms with E-state index >= 15 is 0 Å². The molecule has 162 valence electrons. The number of hydrogen-bond acceptors (Lipinski definition) is 5. The maximum Gasteiger partial charge on any atom is 0.249 e. The van der Waals surface area contributed by atoms with E-state index in [-0.39, 0.29) is 16.8 Å². The zero-order chi connectivity index (χ0) is 21.7. The number of nitrogens with zero attached hydrogens (tertiary/aromatic N) is 4. The molecule has 1 amide bonds. The number of rotatable bonds is 7. The fraction of sp³-hybridized carbons (Fsp3) is 0.429. The molecule has 0 spiro atoms. The Hall–Kier alpha value is -2.49. The molecule has 9 heteroatoms. The molecule has 0 aliphatic carbocycles. The summed E-state index contributed by atoms with van der Waals surface area (Å²) in [5.41, 5.74) is 0.739. The number of benzene rings is 1. The second-order valence-electron chi connectivity index (χ2n) is 7.51. The van der Waals surface area contributed by atoms with Crippen molar-refractivity contribution in [1.29, 1.82) is 0 Å². The molecule has 8 nitrogen and oxygen atoms in total. The molecule has 2 aromatic rings. The molecule has 0 bridgehead atoms. The maximum absolute atomic E-state index is 12.4. The third-order valence-corrected chi connectivity index (χ3v) is 7.19. The van der Waals surface area contributed by atoms with Crippen molar-refractivity contribution in [2.24, 2.45) is 0 Å². The molecule has 2 heterocycles. The largest absolute Gasteiger partial charge is 0.307 e. The Bertz CT molecular complexity index is 988. The van der Waals surface area contributed by atoms with Gasteiger partial charge in [-0.1, -0.05) is 19.1 Å². The van der Waals surface area contributed by atoms with Gasteiger partial charge in [-0.25, -0.2) is 17.4 Å². The smallest absolute Gasteiger partial charge is 0.249 e. The molecule has 1 aliphatic heterocycles. The number of likely N-dealkylation sites (tertiary alicyclic amines) is 1. The molecule has 1 aliphatic rings. The summed E-state index contributed by atoms with van der Waals surface area (Å²) in [7, 11) is -0.480. The Labute approximate surface area is 178 Å². The number of nitrogens with one attached hydrogen (secondary N) is 1. The van der Waals surface area contributed by atoms with Crippen molar-refractivity contribution in [2.75, 3.05) is 39.0 Å². The minimum Gasteiger partial charge on any atom is -0.307 e. The van der Waals surface area contributed by atoms with Crippen molar-refractivity contribution >= 4 is 27.8 Å². The van der Waals surface area contributed by atoms with Gasteiger partial charge in [-0.05, 0) is 43.2 Å². The Balaban J connectivity index is 1.62. The van der Waals surface area contributed by atoms with Crippen LogP contribution in [-0.2, 0) is 14.8 Å². The minimum absolute atomic E-state index is 0.215. The fourth-order valence-corrected chi connectivity index (χ4v) is 4.39. The van der Waals surface area contributed by atoms with Gasteiger partial charge in [0.25, 0.3) is 0 Å². The second-order valence-corrected chi connectivity index (χ2v) is 9.66. The zero-order valence-corrected chi connectivity index (χ0v) is 18.5. The molecule has 30 heavy (non-hydrogen) atoms. The molecule has 3 rings (SSSR count). The van der Waals surface area contributed by atoms with E-state index < -0.39 is 10.0 Å². The molecule has 0 atom stereocenters. The van der Waals surface area contributed by atoms with E-state index in [9.17, 15) is 13.2 Å². The number of amides is 1. The normalized spacial score (nSPS) is 16.4. The highest BCUT2D eigenvalue weighted by Crippen LogP contribution is 2.25. The second kappa shape index (κ2) is 9.55. The first-order valence-electron chi connectivity index (χ1n) is 10.1. The van der Waals surface area contributed by atoms with E-state index in [4.69, 9.17) is 0 Å². The maximum atomic E-state index is 12.4. The SMILES string of the molecule is CCN1CCC(n2nccc2NC(=O)/C=C/c2ccc(S(=O)(=O)N(C)C)cc2)CC1.